The van der Waals surface area contributed by atoms with E-state index in [4.69, 9.17) is 10.0 Å². The molecule has 1 amide bonds. The minimum absolute atomic E-state index is 0.260. The normalized spacial score (nSPS) is 10.1. The number of carbonyl (C=O) groups excluding carboxylic acids is 1. The van der Waals surface area contributed by atoms with Gasteiger partial charge in [0.2, 0.25) is 0 Å². The molecule has 0 saturated carbocycles. The van der Waals surface area contributed by atoms with Gasteiger partial charge in [0.15, 0.2) is 0 Å². The van der Waals surface area contributed by atoms with E-state index in [0.717, 1.165) is 12.1 Å². The Bertz CT molecular complexity index is 738. The average Bonchev–Trinajstić information content (AvgIpc) is 2.46. The lowest BCUT2D eigenvalue weighted by molar-refractivity contribution is -0.382. The SMILES string of the molecule is O=C(Nc1cccc(B(O)O)c1[N+](=O)[O-])c1ccccc1F. The highest BCUT2D eigenvalue weighted by atomic mass is 19.1. The summed E-state index contributed by atoms with van der Waals surface area (Å²) in [6, 6.07) is 8.80. The van der Waals surface area contributed by atoms with E-state index >= 15 is 0 Å². The predicted octanol–water partition coefficient (Wildman–Crippen LogP) is 0.666. The summed E-state index contributed by atoms with van der Waals surface area (Å²) in [6.45, 7) is 0. The van der Waals surface area contributed by atoms with E-state index < -0.39 is 29.5 Å². The number of hydrogen-bond donors (Lipinski definition) is 3. The first kappa shape index (κ1) is 15.6. The van der Waals surface area contributed by atoms with E-state index in [-0.39, 0.29) is 16.7 Å². The van der Waals surface area contributed by atoms with Crippen molar-refractivity contribution in [3.63, 3.8) is 0 Å². The van der Waals surface area contributed by atoms with Crippen molar-refractivity contribution in [1.82, 2.24) is 0 Å². The molecule has 0 saturated heterocycles. The second kappa shape index (κ2) is 6.33. The zero-order valence-electron chi connectivity index (χ0n) is 11.1. The Morgan fingerprint density at radius 1 is 1.18 bits per heavy atom. The topological polar surface area (TPSA) is 113 Å². The van der Waals surface area contributed by atoms with Gasteiger partial charge in [-0.25, -0.2) is 4.39 Å². The number of nitrogens with one attached hydrogen (secondary N) is 1. The number of nitro groups is 1. The molecule has 0 fully saturated rings. The molecule has 0 aliphatic carbocycles. The molecule has 22 heavy (non-hydrogen) atoms. The molecule has 0 spiro atoms. The lowest BCUT2D eigenvalue weighted by Crippen LogP contribution is -2.32. The van der Waals surface area contributed by atoms with Crippen LogP contribution in [0.5, 0.6) is 0 Å². The standard InChI is InChI=1S/C13H10BFN2O5/c15-10-6-2-1-4-8(10)13(18)16-11-7-3-5-9(14(19)20)12(11)17(21)22/h1-7,19-20H,(H,16,18). The van der Waals surface area contributed by atoms with Crippen LogP contribution >= 0.6 is 0 Å². The monoisotopic (exact) mass is 304 g/mol. The smallest absolute Gasteiger partial charge is 0.423 e. The van der Waals surface area contributed by atoms with Crippen LogP contribution in [0, 0.1) is 15.9 Å². The van der Waals surface area contributed by atoms with Crippen LogP contribution in [0.1, 0.15) is 10.4 Å². The summed E-state index contributed by atoms with van der Waals surface area (Å²) in [6.07, 6.45) is 0. The predicted molar refractivity (Wildman–Crippen MR) is 77.3 cm³/mol. The molecule has 9 heteroatoms. The Morgan fingerprint density at radius 2 is 1.86 bits per heavy atom. The maximum Gasteiger partial charge on any atom is 0.495 e. The van der Waals surface area contributed by atoms with Crippen LogP contribution < -0.4 is 10.8 Å². The number of carbonyl (C=O) groups is 1. The number of hydrogen-bond acceptors (Lipinski definition) is 5. The van der Waals surface area contributed by atoms with E-state index in [0.29, 0.717) is 0 Å². The number of rotatable bonds is 4. The van der Waals surface area contributed by atoms with E-state index in [1.807, 2.05) is 0 Å². The van der Waals surface area contributed by atoms with Gasteiger partial charge in [0.1, 0.15) is 11.5 Å². The van der Waals surface area contributed by atoms with E-state index in [1.54, 1.807) is 0 Å². The lowest BCUT2D eigenvalue weighted by Gasteiger charge is -2.09. The summed E-state index contributed by atoms with van der Waals surface area (Å²) >= 11 is 0. The summed E-state index contributed by atoms with van der Waals surface area (Å²) in [5.74, 6) is -1.66. The van der Waals surface area contributed by atoms with Gasteiger partial charge in [-0.15, -0.1) is 0 Å². The molecule has 3 N–H and O–H groups in total. The second-order valence-electron chi connectivity index (χ2n) is 4.31. The van der Waals surface area contributed by atoms with Crippen LogP contribution in [-0.2, 0) is 0 Å². The van der Waals surface area contributed by atoms with Gasteiger partial charge in [-0.2, -0.15) is 0 Å². The summed E-state index contributed by atoms with van der Waals surface area (Å²) in [5, 5.41) is 31.6. The van der Waals surface area contributed by atoms with Gasteiger partial charge in [0.25, 0.3) is 11.6 Å². The molecule has 2 aromatic carbocycles. The van der Waals surface area contributed by atoms with Crippen molar-refractivity contribution in [1.29, 1.82) is 0 Å². The first-order chi connectivity index (χ1) is 10.4. The average molecular weight is 304 g/mol. The molecule has 0 unspecified atom stereocenters. The molecule has 0 heterocycles. The van der Waals surface area contributed by atoms with Gasteiger partial charge in [-0.1, -0.05) is 24.3 Å². The number of nitro benzene ring substituents is 1. The number of halogens is 1. The van der Waals surface area contributed by atoms with E-state index in [9.17, 15) is 19.3 Å². The third kappa shape index (κ3) is 3.10. The van der Waals surface area contributed by atoms with Gasteiger partial charge < -0.3 is 15.4 Å². The first-order valence-electron chi connectivity index (χ1n) is 6.11. The molecular formula is C13H10BFN2O5. The molecule has 0 aromatic heterocycles. The van der Waals surface area contributed by atoms with Gasteiger partial charge in [-0.05, 0) is 18.2 Å². The molecular weight excluding hydrogens is 294 g/mol. The van der Waals surface area contributed by atoms with Crippen LogP contribution in [0.2, 0.25) is 0 Å². The van der Waals surface area contributed by atoms with Gasteiger partial charge in [0, 0.05) is 0 Å². The maximum absolute atomic E-state index is 13.5. The first-order valence-corrected chi connectivity index (χ1v) is 6.11. The maximum atomic E-state index is 13.5. The number of para-hydroxylation sites is 1. The van der Waals surface area contributed by atoms with Crippen molar-refractivity contribution in [3.8, 4) is 0 Å². The van der Waals surface area contributed by atoms with Crippen LogP contribution in [0.3, 0.4) is 0 Å². The summed E-state index contributed by atoms with van der Waals surface area (Å²) in [5.41, 5.74) is -1.59. The van der Waals surface area contributed by atoms with Crippen molar-refractivity contribution in [3.05, 3.63) is 64.0 Å². The van der Waals surface area contributed by atoms with Crippen molar-refractivity contribution in [2.45, 2.75) is 0 Å². The van der Waals surface area contributed by atoms with E-state index in [1.165, 1.54) is 30.3 Å². The zero-order chi connectivity index (χ0) is 16.3. The highest BCUT2D eigenvalue weighted by Gasteiger charge is 2.28. The number of anilines is 1. The highest BCUT2D eigenvalue weighted by Crippen LogP contribution is 2.23. The van der Waals surface area contributed by atoms with E-state index in [2.05, 4.69) is 5.32 Å². The van der Waals surface area contributed by atoms with Crippen molar-refractivity contribution in [2.24, 2.45) is 0 Å². The Hall–Kier alpha value is -2.78. The van der Waals surface area contributed by atoms with Crippen LogP contribution in [-0.4, -0.2) is 28.0 Å². The zero-order valence-corrected chi connectivity index (χ0v) is 11.1. The largest absolute Gasteiger partial charge is 0.495 e. The third-order valence-electron chi connectivity index (χ3n) is 2.89. The Kier molecular flexibility index (Phi) is 4.49. The number of nitrogens with zero attached hydrogens (tertiary/aromatic N) is 1. The van der Waals surface area contributed by atoms with Gasteiger partial charge >= 0.3 is 7.12 Å². The third-order valence-corrected chi connectivity index (χ3v) is 2.89. The fraction of sp³-hybridized carbons (Fsp3) is 0. The summed E-state index contributed by atoms with van der Waals surface area (Å²) < 4.78 is 13.5. The van der Waals surface area contributed by atoms with Gasteiger partial charge in [-0.3, -0.25) is 14.9 Å². The quantitative estimate of drug-likeness (QED) is 0.436. The fourth-order valence-corrected chi connectivity index (χ4v) is 1.91. The highest BCUT2D eigenvalue weighted by molar-refractivity contribution is 6.60. The molecule has 0 bridgehead atoms. The second-order valence-corrected chi connectivity index (χ2v) is 4.31. The Labute approximate surface area is 124 Å². The minimum Gasteiger partial charge on any atom is -0.423 e. The van der Waals surface area contributed by atoms with Crippen LogP contribution in [0.25, 0.3) is 0 Å². The minimum atomic E-state index is -2.08. The van der Waals surface area contributed by atoms with Crippen LogP contribution in [0.15, 0.2) is 42.5 Å². The molecule has 2 aromatic rings. The summed E-state index contributed by atoms with van der Waals surface area (Å²) in [4.78, 5) is 22.2. The number of benzene rings is 2. The van der Waals surface area contributed by atoms with Gasteiger partial charge in [0.05, 0.1) is 15.9 Å². The molecule has 0 aliphatic rings. The number of amides is 1. The van der Waals surface area contributed by atoms with Crippen molar-refractivity contribution >= 4 is 29.9 Å². The molecule has 2 rings (SSSR count). The lowest BCUT2D eigenvalue weighted by atomic mass is 9.78. The van der Waals surface area contributed by atoms with Crippen molar-refractivity contribution in [2.75, 3.05) is 5.32 Å². The molecule has 7 nitrogen and oxygen atoms in total. The Morgan fingerprint density at radius 3 is 2.45 bits per heavy atom. The molecule has 0 aliphatic heterocycles. The fourth-order valence-electron chi connectivity index (χ4n) is 1.91. The molecule has 0 atom stereocenters. The molecule has 0 radical (unpaired) electrons. The summed E-state index contributed by atoms with van der Waals surface area (Å²) in [7, 11) is -2.08. The van der Waals surface area contributed by atoms with Crippen molar-refractivity contribution < 1.29 is 24.2 Å². The Balaban J connectivity index is 2.42. The molecule has 112 valence electrons. The van der Waals surface area contributed by atoms with Crippen LogP contribution in [0.4, 0.5) is 15.8 Å².